The molecule has 0 amide bonds. The zero-order valence-corrected chi connectivity index (χ0v) is 20.9. The molecule has 0 fully saturated rings. The highest BCUT2D eigenvalue weighted by Gasteiger charge is 2.16. The molecule has 0 aliphatic rings. The second-order valence-corrected chi connectivity index (χ2v) is 9.40. The van der Waals surface area contributed by atoms with Gasteiger partial charge in [-0.2, -0.15) is 5.10 Å². The molecule has 0 bridgehead atoms. The lowest BCUT2D eigenvalue weighted by molar-refractivity contribution is 0.260. The number of hydrogen-bond donors (Lipinski definition) is 3. The van der Waals surface area contributed by atoms with Crippen molar-refractivity contribution in [3.8, 4) is 45.3 Å². The molecule has 0 radical (unpaired) electrons. The summed E-state index contributed by atoms with van der Waals surface area (Å²) in [6.45, 7) is 1.18. The topological polar surface area (TPSA) is 103 Å². The molecule has 0 atom stereocenters. The van der Waals surface area contributed by atoms with E-state index in [0.717, 1.165) is 50.9 Å². The molecule has 9 heteroatoms. The predicted molar refractivity (Wildman–Crippen MR) is 146 cm³/mol. The largest absolute Gasteiger partial charge is 0.506 e. The van der Waals surface area contributed by atoms with E-state index in [-0.39, 0.29) is 11.6 Å². The van der Waals surface area contributed by atoms with Gasteiger partial charge in [0.2, 0.25) is 0 Å². The lowest BCUT2D eigenvalue weighted by Crippen LogP contribution is -2.19. The predicted octanol–water partition coefficient (Wildman–Crippen LogP) is 5.62. The summed E-state index contributed by atoms with van der Waals surface area (Å²) in [6, 6.07) is 16.1. The molecule has 0 aliphatic heterocycles. The van der Waals surface area contributed by atoms with Gasteiger partial charge in [-0.1, -0.05) is 6.07 Å². The summed E-state index contributed by atoms with van der Waals surface area (Å²) in [7, 11) is 3.92. The van der Waals surface area contributed by atoms with Crippen LogP contribution in [0.15, 0.2) is 73.2 Å². The van der Waals surface area contributed by atoms with Crippen LogP contribution in [0, 0.1) is 5.82 Å². The third-order valence-corrected chi connectivity index (χ3v) is 6.38. The fourth-order valence-electron chi connectivity index (χ4n) is 4.52. The number of ether oxygens (including phenoxy) is 1. The first kappa shape index (κ1) is 23.6. The zero-order chi connectivity index (χ0) is 26.2. The van der Waals surface area contributed by atoms with Gasteiger partial charge in [-0.15, -0.1) is 0 Å². The Labute approximate surface area is 217 Å². The molecule has 0 unspecified atom stereocenters. The second-order valence-electron chi connectivity index (χ2n) is 9.40. The van der Waals surface area contributed by atoms with Gasteiger partial charge in [0.15, 0.2) is 0 Å². The van der Waals surface area contributed by atoms with Gasteiger partial charge in [0.05, 0.1) is 23.1 Å². The first-order chi connectivity index (χ1) is 18.4. The molecule has 2 aromatic carbocycles. The SMILES string of the molecule is CN(C)CCOc1cc(F)cc(-c2nccc3[nH]c(-c4n[nH]c5ccc(-c6cncc(O)c6)cc45)cc23)c1. The van der Waals surface area contributed by atoms with Crippen molar-refractivity contribution in [3.05, 3.63) is 79.0 Å². The van der Waals surface area contributed by atoms with E-state index in [2.05, 4.69) is 25.1 Å². The van der Waals surface area contributed by atoms with Gasteiger partial charge in [-0.05, 0) is 62.1 Å². The molecule has 4 heterocycles. The molecule has 0 saturated heterocycles. The summed E-state index contributed by atoms with van der Waals surface area (Å²) in [5.41, 5.74) is 6.25. The number of aromatic amines is 2. The smallest absolute Gasteiger partial charge is 0.134 e. The van der Waals surface area contributed by atoms with Crippen LogP contribution in [0.25, 0.3) is 55.6 Å². The Hall–Kier alpha value is -4.76. The van der Waals surface area contributed by atoms with E-state index in [1.807, 2.05) is 55.4 Å². The van der Waals surface area contributed by atoms with Crippen molar-refractivity contribution in [2.24, 2.45) is 0 Å². The van der Waals surface area contributed by atoms with E-state index in [0.29, 0.717) is 23.6 Å². The van der Waals surface area contributed by atoms with Crippen molar-refractivity contribution >= 4 is 21.8 Å². The van der Waals surface area contributed by atoms with Gasteiger partial charge in [-0.25, -0.2) is 4.39 Å². The highest BCUT2D eigenvalue weighted by atomic mass is 19.1. The molecule has 6 rings (SSSR count). The Morgan fingerprint density at radius 1 is 0.895 bits per heavy atom. The summed E-state index contributed by atoms with van der Waals surface area (Å²) in [5, 5.41) is 19.3. The average molecular weight is 509 g/mol. The maximum absolute atomic E-state index is 14.5. The van der Waals surface area contributed by atoms with Crippen molar-refractivity contribution in [2.45, 2.75) is 0 Å². The van der Waals surface area contributed by atoms with Gasteiger partial charge in [0.1, 0.15) is 29.6 Å². The third-order valence-electron chi connectivity index (χ3n) is 6.38. The van der Waals surface area contributed by atoms with Crippen LogP contribution >= 0.6 is 0 Å². The van der Waals surface area contributed by atoms with Gasteiger partial charge in [-0.3, -0.25) is 15.1 Å². The zero-order valence-electron chi connectivity index (χ0n) is 20.9. The quantitative estimate of drug-likeness (QED) is 0.259. The first-order valence-electron chi connectivity index (χ1n) is 12.1. The molecular weight excluding hydrogens is 483 g/mol. The minimum absolute atomic E-state index is 0.106. The molecule has 6 aromatic rings. The monoisotopic (exact) mass is 508 g/mol. The fourth-order valence-corrected chi connectivity index (χ4v) is 4.52. The lowest BCUT2D eigenvalue weighted by atomic mass is 10.0. The Bertz CT molecular complexity index is 1770. The maximum atomic E-state index is 14.5. The first-order valence-corrected chi connectivity index (χ1v) is 12.1. The van der Waals surface area contributed by atoms with Crippen molar-refractivity contribution in [2.75, 3.05) is 27.2 Å². The van der Waals surface area contributed by atoms with E-state index >= 15 is 0 Å². The maximum Gasteiger partial charge on any atom is 0.134 e. The number of halogens is 1. The Morgan fingerprint density at radius 3 is 2.61 bits per heavy atom. The molecule has 4 aromatic heterocycles. The van der Waals surface area contributed by atoms with Crippen LogP contribution in [0.2, 0.25) is 0 Å². The number of fused-ring (bicyclic) bond motifs is 2. The standard InChI is InChI=1S/C29H25FN6O2/c1-36(2)7-8-38-22-11-18(9-20(30)13-22)28-24-14-27(33-25(24)5-6-32-28)29-23-12-17(3-4-26(23)34-35-29)19-10-21(37)16-31-15-19/h3-6,9-16,33,37H,7-8H2,1-2H3,(H,34,35). The van der Waals surface area contributed by atoms with E-state index in [1.54, 1.807) is 18.5 Å². The summed E-state index contributed by atoms with van der Waals surface area (Å²) in [6.07, 6.45) is 4.81. The van der Waals surface area contributed by atoms with Crippen LogP contribution in [0.3, 0.4) is 0 Å². The van der Waals surface area contributed by atoms with E-state index in [9.17, 15) is 9.50 Å². The number of aromatic hydroxyl groups is 1. The minimum Gasteiger partial charge on any atom is -0.506 e. The normalized spacial score (nSPS) is 11.6. The van der Waals surface area contributed by atoms with E-state index in [1.165, 1.54) is 18.3 Å². The molecule has 3 N–H and O–H groups in total. The number of rotatable bonds is 7. The number of pyridine rings is 2. The van der Waals surface area contributed by atoms with Crippen LogP contribution < -0.4 is 4.74 Å². The summed E-state index contributed by atoms with van der Waals surface area (Å²) < 4.78 is 20.3. The summed E-state index contributed by atoms with van der Waals surface area (Å²) >= 11 is 0. The number of benzene rings is 2. The molecule has 0 saturated carbocycles. The minimum atomic E-state index is -0.385. The van der Waals surface area contributed by atoms with Crippen LogP contribution in [-0.4, -0.2) is 62.4 Å². The van der Waals surface area contributed by atoms with Crippen LogP contribution in [0.4, 0.5) is 4.39 Å². The lowest BCUT2D eigenvalue weighted by Gasteiger charge is -2.12. The van der Waals surface area contributed by atoms with Gasteiger partial charge in [0.25, 0.3) is 0 Å². The Morgan fingerprint density at radius 2 is 1.76 bits per heavy atom. The number of likely N-dealkylation sites (N-methyl/N-ethyl adjacent to an activating group) is 1. The van der Waals surface area contributed by atoms with Crippen LogP contribution in [0.1, 0.15) is 0 Å². The molecule has 38 heavy (non-hydrogen) atoms. The average Bonchev–Trinajstić information content (AvgIpc) is 3.51. The number of hydrogen-bond acceptors (Lipinski definition) is 6. The molecule has 0 aliphatic carbocycles. The highest BCUT2D eigenvalue weighted by Crippen LogP contribution is 2.35. The summed E-state index contributed by atoms with van der Waals surface area (Å²) in [4.78, 5) is 14.1. The molecule has 8 nitrogen and oxygen atoms in total. The second kappa shape index (κ2) is 9.60. The van der Waals surface area contributed by atoms with Gasteiger partial charge < -0.3 is 19.7 Å². The van der Waals surface area contributed by atoms with E-state index in [4.69, 9.17) is 4.74 Å². The van der Waals surface area contributed by atoms with Gasteiger partial charge >= 0.3 is 0 Å². The number of nitrogens with zero attached hydrogens (tertiary/aromatic N) is 4. The van der Waals surface area contributed by atoms with Crippen LogP contribution in [0.5, 0.6) is 11.5 Å². The molecule has 190 valence electrons. The Balaban J connectivity index is 1.40. The van der Waals surface area contributed by atoms with E-state index < -0.39 is 0 Å². The van der Waals surface area contributed by atoms with Gasteiger partial charge in [0, 0.05) is 52.4 Å². The summed E-state index contributed by atoms with van der Waals surface area (Å²) in [5.74, 6) is 0.183. The molecular formula is C29H25FN6O2. The third kappa shape index (κ3) is 4.55. The van der Waals surface area contributed by atoms with Crippen molar-refractivity contribution in [1.82, 2.24) is 30.0 Å². The fraction of sp³-hybridized carbons (Fsp3) is 0.138. The molecule has 0 spiro atoms. The number of aromatic nitrogens is 5. The number of nitrogens with one attached hydrogen (secondary N) is 2. The van der Waals surface area contributed by atoms with Crippen molar-refractivity contribution in [3.63, 3.8) is 0 Å². The van der Waals surface area contributed by atoms with Crippen LogP contribution in [-0.2, 0) is 0 Å². The highest BCUT2D eigenvalue weighted by molar-refractivity contribution is 6.00. The van der Waals surface area contributed by atoms with Crippen molar-refractivity contribution in [1.29, 1.82) is 0 Å². The Kier molecular flexibility index (Phi) is 5.97. The number of H-pyrrole nitrogens is 2. The van der Waals surface area contributed by atoms with Crippen molar-refractivity contribution < 1.29 is 14.2 Å².